The molecule has 10 heteroatoms. The number of nitro benzene ring substituents is 1. The van der Waals surface area contributed by atoms with E-state index in [1.807, 2.05) is 6.07 Å². The van der Waals surface area contributed by atoms with Crippen molar-refractivity contribution in [2.75, 3.05) is 0 Å². The lowest BCUT2D eigenvalue weighted by Gasteiger charge is -2.02. The van der Waals surface area contributed by atoms with Crippen molar-refractivity contribution in [1.82, 2.24) is 9.97 Å². The van der Waals surface area contributed by atoms with Crippen molar-refractivity contribution in [2.45, 2.75) is 0 Å². The van der Waals surface area contributed by atoms with Crippen LogP contribution in [-0.4, -0.2) is 14.9 Å². The molecule has 152 valence electrons. The Morgan fingerprint density at radius 3 is 2.77 bits per heavy atom. The van der Waals surface area contributed by atoms with E-state index in [2.05, 4.69) is 25.9 Å². The van der Waals surface area contributed by atoms with E-state index in [-0.39, 0.29) is 27.7 Å². The Balaban J connectivity index is 1.72. The highest BCUT2D eigenvalue weighted by atomic mass is 79.9. The van der Waals surface area contributed by atoms with Gasteiger partial charge in [-0.1, -0.05) is 27.5 Å². The third kappa shape index (κ3) is 4.12. The summed E-state index contributed by atoms with van der Waals surface area (Å²) in [6, 6.07) is 14.4. The molecule has 1 N–H and O–H groups in total. The molecule has 31 heavy (non-hydrogen) atoms. The highest BCUT2D eigenvalue weighted by molar-refractivity contribution is 9.10. The van der Waals surface area contributed by atoms with Crippen molar-refractivity contribution in [3.63, 3.8) is 0 Å². The monoisotopic (exact) mass is 496 g/mol. The van der Waals surface area contributed by atoms with Crippen LogP contribution >= 0.6 is 27.5 Å². The third-order valence-electron chi connectivity index (χ3n) is 4.39. The standard InChI is InChI=1S/C21H10BrClN4O4/c22-12-1-5-18-16(8-12)21(28)26-20(25-18)11(10-24)7-14-3-6-19(31-14)15-4-2-13(27(29)30)9-17(15)23/h1-9H,(H,25,26,28)/b11-7+. The number of nitro groups is 1. The lowest BCUT2D eigenvalue weighted by Crippen LogP contribution is -2.11. The van der Waals surface area contributed by atoms with Crippen LogP contribution < -0.4 is 5.56 Å². The van der Waals surface area contributed by atoms with Crippen molar-refractivity contribution in [3.05, 3.63) is 90.1 Å². The molecule has 0 radical (unpaired) electrons. The zero-order valence-electron chi connectivity index (χ0n) is 15.4. The van der Waals surface area contributed by atoms with Crippen molar-refractivity contribution in [3.8, 4) is 17.4 Å². The second kappa shape index (κ2) is 8.18. The molecule has 0 saturated heterocycles. The summed E-state index contributed by atoms with van der Waals surface area (Å²) >= 11 is 9.45. The lowest BCUT2D eigenvalue weighted by molar-refractivity contribution is -0.384. The Labute approximate surface area is 187 Å². The maximum atomic E-state index is 12.4. The Morgan fingerprint density at radius 1 is 1.26 bits per heavy atom. The minimum Gasteiger partial charge on any atom is -0.457 e. The number of nitriles is 1. The second-order valence-corrected chi connectivity index (χ2v) is 7.69. The van der Waals surface area contributed by atoms with Crippen LogP contribution in [-0.2, 0) is 0 Å². The normalized spacial score (nSPS) is 11.5. The third-order valence-corrected chi connectivity index (χ3v) is 5.19. The molecular formula is C21H10BrClN4O4. The van der Waals surface area contributed by atoms with Gasteiger partial charge in [0.15, 0.2) is 5.82 Å². The summed E-state index contributed by atoms with van der Waals surface area (Å²) in [5, 5.41) is 21.0. The molecule has 2 aromatic carbocycles. The van der Waals surface area contributed by atoms with Gasteiger partial charge in [0, 0.05) is 28.2 Å². The number of rotatable bonds is 4. The van der Waals surface area contributed by atoms with E-state index >= 15 is 0 Å². The average molecular weight is 498 g/mol. The zero-order valence-corrected chi connectivity index (χ0v) is 17.8. The smallest absolute Gasteiger partial charge is 0.270 e. The number of hydrogen-bond donors (Lipinski definition) is 1. The number of fused-ring (bicyclic) bond motifs is 1. The number of halogens is 2. The summed E-state index contributed by atoms with van der Waals surface area (Å²) in [4.78, 5) is 29.7. The quantitative estimate of drug-likeness (QED) is 0.223. The number of nitrogens with one attached hydrogen (secondary N) is 1. The number of allylic oxidation sites excluding steroid dienone is 1. The second-order valence-electron chi connectivity index (χ2n) is 6.37. The van der Waals surface area contributed by atoms with Gasteiger partial charge in [0.05, 0.1) is 26.4 Å². The SMILES string of the molecule is N#C/C(=C\c1ccc(-c2ccc([N+](=O)[O-])cc2Cl)o1)c1nc2ccc(Br)cc2c(=O)[nH]1. The molecule has 0 bridgehead atoms. The fourth-order valence-electron chi connectivity index (χ4n) is 2.93. The van der Waals surface area contributed by atoms with Crippen LogP contribution in [0.15, 0.2) is 62.2 Å². The van der Waals surface area contributed by atoms with Crippen LogP contribution in [0, 0.1) is 21.4 Å². The summed E-state index contributed by atoms with van der Waals surface area (Å²) in [6.07, 6.45) is 1.44. The van der Waals surface area contributed by atoms with Crippen LogP contribution in [0.4, 0.5) is 5.69 Å². The van der Waals surface area contributed by atoms with E-state index in [0.29, 0.717) is 28.0 Å². The molecule has 4 aromatic rings. The molecule has 8 nitrogen and oxygen atoms in total. The maximum Gasteiger partial charge on any atom is 0.270 e. The molecule has 0 unspecified atom stereocenters. The Morgan fingerprint density at radius 2 is 2.06 bits per heavy atom. The first-order chi connectivity index (χ1) is 14.9. The summed E-state index contributed by atoms with van der Waals surface area (Å²) < 4.78 is 6.47. The molecular weight excluding hydrogens is 488 g/mol. The molecule has 0 spiro atoms. The highest BCUT2D eigenvalue weighted by Crippen LogP contribution is 2.33. The van der Waals surface area contributed by atoms with E-state index in [0.717, 1.165) is 4.47 Å². The summed E-state index contributed by atoms with van der Waals surface area (Å²) in [5.41, 5.74) is 0.498. The van der Waals surface area contributed by atoms with Crippen molar-refractivity contribution < 1.29 is 9.34 Å². The van der Waals surface area contributed by atoms with Crippen molar-refractivity contribution in [2.24, 2.45) is 0 Å². The molecule has 0 aliphatic carbocycles. The molecule has 2 heterocycles. The van der Waals surface area contributed by atoms with Gasteiger partial charge in [-0.2, -0.15) is 5.26 Å². The molecule has 0 aliphatic heterocycles. The Kier molecular flexibility index (Phi) is 5.42. The summed E-state index contributed by atoms with van der Waals surface area (Å²) in [5.74, 6) is 0.793. The topological polar surface area (TPSA) is 126 Å². The predicted octanol–water partition coefficient (Wildman–Crippen LogP) is 5.57. The van der Waals surface area contributed by atoms with Gasteiger partial charge in [0.1, 0.15) is 17.6 Å². The predicted molar refractivity (Wildman–Crippen MR) is 119 cm³/mol. The Hall–Kier alpha value is -3.74. The van der Waals surface area contributed by atoms with Crippen LogP contribution in [0.25, 0.3) is 33.9 Å². The first kappa shape index (κ1) is 20.5. The number of H-pyrrole nitrogens is 1. The number of hydrogen-bond acceptors (Lipinski definition) is 6. The fourth-order valence-corrected chi connectivity index (χ4v) is 3.56. The minimum absolute atomic E-state index is 0.0950. The first-order valence-electron chi connectivity index (χ1n) is 8.71. The van der Waals surface area contributed by atoms with Gasteiger partial charge >= 0.3 is 0 Å². The first-order valence-corrected chi connectivity index (χ1v) is 9.88. The molecule has 0 saturated carbocycles. The van der Waals surface area contributed by atoms with Crippen molar-refractivity contribution in [1.29, 1.82) is 5.26 Å². The lowest BCUT2D eigenvalue weighted by atomic mass is 10.1. The number of furan rings is 1. The fraction of sp³-hybridized carbons (Fsp3) is 0. The molecule has 2 aromatic heterocycles. The van der Waals surface area contributed by atoms with E-state index in [1.54, 1.807) is 30.3 Å². The van der Waals surface area contributed by atoms with Gasteiger partial charge in [0.2, 0.25) is 0 Å². The largest absolute Gasteiger partial charge is 0.457 e. The highest BCUT2D eigenvalue weighted by Gasteiger charge is 2.14. The van der Waals surface area contributed by atoms with Crippen LogP contribution in [0.5, 0.6) is 0 Å². The molecule has 0 fully saturated rings. The molecule has 0 amide bonds. The molecule has 4 rings (SSSR count). The van der Waals surface area contributed by atoms with E-state index in [4.69, 9.17) is 16.0 Å². The van der Waals surface area contributed by atoms with Crippen LogP contribution in [0.1, 0.15) is 11.6 Å². The van der Waals surface area contributed by atoms with Crippen LogP contribution in [0.2, 0.25) is 5.02 Å². The maximum absolute atomic E-state index is 12.4. The zero-order chi connectivity index (χ0) is 22.1. The number of non-ortho nitro benzene ring substituents is 1. The van der Waals surface area contributed by atoms with E-state index < -0.39 is 4.92 Å². The molecule has 0 aliphatic rings. The van der Waals surface area contributed by atoms with Gasteiger partial charge in [-0.05, 0) is 36.4 Å². The van der Waals surface area contributed by atoms with Gasteiger partial charge in [0.25, 0.3) is 11.2 Å². The number of aromatic amines is 1. The van der Waals surface area contributed by atoms with Crippen LogP contribution in [0.3, 0.4) is 0 Å². The van der Waals surface area contributed by atoms with E-state index in [1.165, 1.54) is 24.3 Å². The molecule has 0 atom stereocenters. The summed E-state index contributed by atoms with van der Waals surface area (Å²) in [7, 11) is 0. The van der Waals surface area contributed by atoms with Crippen molar-refractivity contribution >= 4 is 55.8 Å². The number of nitrogens with zero attached hydrogens (tertiary/aromatic N) is 3. The van der Waals surface area contributed by atoms with Gasteiger partial charge in [-0.15, -0.1) is 0 Å². The van der Waals surface area contributed by atoms with E-state index in [9.17, 15) is 20.2 Å². The average Bonchev–Trinajstić information content (AvgIpc) is 3.20. The van der Waals surface area contributed by atoms with Gasteiger partial charge in [-0.25, -0.2) is 4.98 Å². The van der Waals surface area contributed by atoms with Gasteiger partial charge < -0.3 is 9.40 Å². The number of aromatic nitrogens is 2. The Bertz CT molecular complexity index is 1480. The number of benzene rings is 2. The minimum atomic E-state index is -0.540. The summed E-state index contributed by atoms with van der Waals surface area (Å²) in [6.45, 7) is 0. The van der Waals surface area contributed by atoms with Gasteiger partial charge in [-0.3, -0.25) is 14.9 Å².